The zero-order valence-corrected chi connectivity index (χ0v) is 22.9. The van der Waals surface area contributed by atoms with Crippen molar-refractivity contribution in [3.8, 4) is 5.75 Å². The largest absolute Gasteiger partial charge is 0.508 e. The summed E-state index contributed by atoms with van der Waals surface area (Å²) in [6, 6.07) is 18.9. The molecule has 0 bridgehead atoms. The van der Waals surface area contributed by atoms with E-state index in [1.54, 1.807) is 12.1 Å². The zero-order chi connectivity index (χ0) is 27.8. The third kappa shape index (κ3) is 4.91. The third-order valence-electron chi connectivity index (χ3n) is 7.25. The van der Waals surface area contributed by atoms with Crippen molar-refractivity contribution in [1.82, 2.24) is 0 Å². The summed E-state index contributed by atoms with van der Waals surface area (Å²) >= 11 is 0. The molecular weight excluding hydrogens is 476 g/mol. The topological polar surface area (TPSA) is 81.1 Å². The summed E-state index contributed by atoms with van der Waals surface area (Å²) in [5, 5.41) is 21.9. The van der Waals surface area contributed by atoms with Gasteiger partial charge in [-0.2, -0.15) is 0 Å². The van der Waals surface area contributed by atoms with Crippen LogP contribution in [-0.2, 0) is 15.0 Å². The van der Waals surface area contributed by atoms with E-state index in [1.165, 1.54) is 17.0 Å². The van der Waals surface area contributed by atoms with Gasteiger partial charge in [0, 0.05) is 30.0 Å². The maximum absolute atomic E-state index is 13.6. The molecule has 1 heterocycles. The minimum Gasteiger partial charge on any atom is -0.508 e. The fourth-order valence-electron chi connectivity index (χ4n) is 5.01. The van der Waals surface area contributed by atoms with Crippen molar-refractivity contribution in [3.05, 3.63) is 94.6 Å². The predicted octanol–water partition coefficient (Wildman–Crippen LogP) is 6.47. The van der Waals surface area contributed by atoms with E-state index in [9.17, 15) is 19.8 Å². The number of aromatic hydroxyl groups is 1. The van der Waals surface area contributed by atoms with Gasteiger partial charge in [-0.3, -0.25) is 14.5 Å². The van der Waals surface area contributed by atoms with Crippen molar-refractivity contribution in [2.75, 3.05) is 22.9 Å². The quantitative estimate of drug-likeness (QED) is 0.225. The first-order chi connectivity index (χ1) is 18.0. The van der Waals surface area contributed by atoms with Gasteiger partial charge in [0.1, 0.15) is 11.5 Å². The highest BCUT2D eigenvalue weighted by atomic mass is 16.3. The number of phenols is 1. The maximum Gasteiger partial charge on any atom is 0.300 e. The Bertz CT molecular complexity index is 1400. The van der Waals surface area contributed by atoms with E-state index in [0.717, 1.165) is 29.9 Å². The summed E-state index contributed by atoms with van der Waals surface area (Å²) in [6.07, 6.45) is 0. The second kappa shape index (κ2) is 10.4. The molecule has 6 heteroatoms. The molecule has 198 valence electrons. The van der Waals surface area contributed by atoms with Crippen molar-refractivity contribution < 1.29 is 19.8 Å². The van der Waals surface area contributed by atoms with Gasteiger partial charge >= 0.3 is 0 Å². The number of aryl methyl sites for hydroxylation is 1. The number of Topliss-reactive ketones (excluding diaryl/α,β-unsaturated/α-hetero) is 1. The Kier molecular flexibility index (Phi) is 7.36. The molecule has 1 unspecified atom stereocenters. The Hall–Kier alpha value is -4.06. The van der Waals surface area contributed by atoms with Gasteiger partial charge in [0.15, 0.2) is 0 Å². The van der Waals surface area contributed by atoms with Gasteiger partial charge in [-0.05, 0) is 85.3 Å². The fourth-order valence-corrected chi connectivity index (χ4v) is 5.01. The number of benzene rings is 3. The van der Waals surface area contributed by atoms with Gasteiger partial charge in [0.05, 0.1) is 11.6 Å². The number of aliphatic hydroxyl groups is 1. The van der Waals surface area contributed by atoms with Crippen LogP contribution in [0.1, 0.15) is 62.9 Å². The molecule has 3 aromatic carbocycles. The minimum atomic E-state index is -0.904. The average molecular weight is 513 g/mol. The van der Waals surface area contributed by atoms with Gasteiger partial charge in [0.2, 0.25) is 0 Å². The molecular formula is C32H36N2O4. The van der Waals surface area contributed by atoms with E-state index < -0.39 is 17.7 Å². The number of nitrogens with zero attached hydrogens (tertiary/aromatic N) is 2. The van der Waals surface area contributed by atoms with Crippen LogP contribution in [0, 0.1) is 6.92 Å². The molecule has 0 spiro atoms. The highest BCUT2D eigenvalue weighted by Crippen LogP contribution is 2.43. The second-order valence-corrected chi connectivity index (χ2v) is 10.7. The molecule has 1 amide bonds. The van der Waals surface area contributed by atoms with Crippen molar-refractivity contribution in [2.45, 2.75) is 53.0 Å². The summed E-state index contributed by atoms with van der Waals surface area (Å²) in [5.74, 6) is -1.69. The van der Waals surface area contributed by atoms with E-state index in [0.29, 0.717) is 16.8 Å². The lowest BCUT2D eigenvalue weighted by atomic mass is 9.84. The van der Waals surface area contributed by atoms with Crippen LogP contribution in [-0.4, -0.2) is 35.0 Å². The Balaban J connectivity index is 1.92. The molecule has 0 aromatic heterocycles. The molecule has 0 saturated carbocycles. The number of rotatable bonds is 6. The van der Waals surface area contributed by atoms with Crippen molar-refractivity contribution >= 4 is 28.8 Å². The molecule has 1 fully saturated rings. The van der Waals surface area contributed by atoms with Crippen LogP contribution in [0.15, 0.2) is 72.3 Å². The van der Waals surface area contributed by atoms with E-state index in [4.69, 9.17) is 0 Å². The molecule has 0 radical (unpaired) electrons. The number of aliphatic hydroxyl groups excluding tert-OH is 1. The number of hydrogen-bond donors (Lipinski definition) is 2. The first-order valence-electron chi connectivity index (χ1n) is 13.0. The third-order valence-corrected chi connectivity index (χ3v) is 7.25. The van der Waals surface area contributed by atoms with Gasteiger partial charge < -0.3 is 15.1 Å². The molecule has 1 aliphatic rings. The van der Waals surface area contributed by atoms with Gasteiger partial charge in [-0.25, -0.2) is 0 Å². The monoisotopic (exact) mass is 512 g/mol. The van der Waals surface area contributed by atoms with Crippen LogP contribution in [0.2, 0.25) is 0 Å². The van der Waals surface area contributed by atoms with Crippen LogP contribution in [0.5, 0.6) is 5.75 Å². The van der Waals surface area contributed by atoms with Crippen LogP contribution >= 0.6 is 0 Å². The molecule has 4 rings (SSSR count). The number of anilines is 2. The summed E-state index contributed by atoms with van der Waals surface area (Å²) in [6.45, 7) is 13.9. The first kappa shape index (κ1) is 27.0. The number of carbonyl (C=O) groups is 2. The molecule has 2 N–H and O–H groups in total. The summed E-state index contributed by atoms with van der Waals surface area (Å²) in [4.78, 5) is 30.7. The number of hydrogen-bond acceptors (Lipinski definition) is 5. The highest BCUT2D eigenvalue weighted by Gasteiger charge is 2.47. The zero-order valence-electron chi connectivity index (χ0n) is 22.9. The van der Waals surface area contributed by atoms with Crippen LogP contribution in [0.25, 0.3) is 5.76 Å². The maximum atomic E-state index is 13.6. The Morgan fingerprint density at radius 2 is 1.61 bits per heavy atom. The van der Waals surface area contributed by atoms with E-state index in [-0.39, 0.29) is 22.5 Å². The lowest BCUT2D eigenvalue weighted by Gasteiger charge is -2.27. The van der Waals surface area contributed by atoms with E-state index in [2.05, 4.69) is 39.5 Å². The van der Waals surface area contributed by atoms with Crippen LogP contribution in [0.3, 0.4) is 0 Å². The van der Waals surface area contributed by atoms with E-state index in [1.807, 2.05) is 49.4 Å². The lowest BCUT2D eigenvalue weighted by Crippen LogP contribution is -2.29. The minimum absolute atomic E-state index is 0.00239. The summed E-state index contributed by atoms with van der Waals surface area (Å²) in [5.41, 5.74) is 4.21. The summed E-state index contributed by atoms with van der Waals surface area (Å²) in [7, 11) is 0. The Morgan fingerprint density at radius 1 is 0.947 bits per heavy atom. The number of carbonyl (C=O) groups excluding carboxylic acids is 2. The van der Waals surface area contributed by atoms with Crippen molar-refractivity contribution in [3.63, 3.8) is 0 Å². The first-order valence-corrected chi connectivity index (χ1v) is 13.0. The summed E-state index contributed by atoms with van der Waals surface area (Å²) < 4.78 is 0. The number of amides is 1. The SMILES string of the molecule is CCN(CC)c1ccc(N2C(=O)C(=O)/C(=C(/O)c3cc(C(C)(C)C)ccc3C)C2c2cccc(O)c2)cc1. The molecule has 0 aliphatic carbocycles. The number of ketones is 1. The van der Waals surface area contributed by atoms with Crippen molar-refractivity contribution in [2.24, 2.45) is 0 Å². The second-order valence-electron chi connectivity index (χ2n) is 10.7. The highest BCUT2D eigenvalue weighted by molar-refractivity contribution is 6.51. The van der Waals surface area contributed by atoms with Gasteiger partial charge in [-0.1, -0.05) is 45.0 Å². The Morgan fingerprint density at radius 3 is 2.18 bits per heavy atom. The van der Waals surface area contributed by atoms with Gasteiger partial charge in [0.25, 0.3) is 11.7 Å². The molecule has 1 aliphatic heterocycles. The molecule has 1 saturated heterocycles. The average Bonchev–Trinajstić information content (AvgIpc) is 3.14. The standard InChI is InChI=1S/C32H36N2O4/c1-7-33(8-2)23-14-16-24(17-15-23)34-28(21-10-9-11-25(35)18-21)27(30(37)31(34)38)29(36)26-19-22(32(4,5)6)13-12-20(26)3/h9-19,28,35-36H,7-8H2,1-6H3/b29-27+. The lowest BCUT2D eigenvalue weighted by molar-refractivity contribution is -0.132. The number of phenolic OH excluding ortho intramolecular Hbond substituents is 1. The van der Waals surface area contributed by atoms with Crippen LogP contribution in [0.4, 0.5) is 11.4 Å². The smallest absolute Gasteiger partial charge is 0.300 e. The Labute approximate surface area is 224 Å². The van der Waals surface area contributed by atoms with Crippen molar-refractivity contribution in [1.29, 1.82) is 0 Å². The fraction of sp³-hybridized carbons (Fsp3) is 0.312. The predicted molar refractivity (Wildman–Crippen MR) is 153 cm³/mol. The van der Waals surface area contributed by atoms with Crippen LogP contribution < -0.4 is 9.80 Å². The molecule has 6 nitrogen and oxygen atoms in total. The normalized spacial score (nSPS) is 17.2. The molecule has 38 heavy (non-hydrogen) atoms. The molecule has 1 atom stereocenters. The molecule has 3 aromatic rings. The van der Waals surface area contributed by atoms with E-state index >= 15 is 0 Å². The van der Waals surface area contributed by atoms with Gasteiger partial charge in [-0.15, -0.1) is 0 Å².